The number of carboxylic acids is 1. The van der Waals surface area contributed by atoms with Gasteiger partial charge in [0.25, 0.3) is 0 Å². The zero-order valence-electron chi connectivity index (χ0n) is 12.2. The molecule has 2 rings (SSSR count). The number of rotatable bonds is 4. The highest BCUT2D eigenvalue weighted by Gasteiger charge is 2.36. The maximum Gasteiger partial charge on any atom is 0.315 e. The number of nitrogens with one attached hydrogen (secondary N) is 2. The number of amides is 2. The minimum absolute atomic E-state index is 0.0187. The van der Waals surface area contributed by atoms with Crippen LogP contribution in [0.3, 0.4) is 0 Å². The van der Waals surface area contributed by atoms with E-state index < -0.39 is 22.3 Å². The molecule has 7 heteroatoms. The molecule has 0 unspecified atom stereocenters. The van der Waals surface area contributed by atoms with Crippen LogP contribution in [0.15, 0.2) is 0 Å². The Morgan fingerprint density at radius 1 is 1.14 bits per heavy atom. The van der Waals surface area contributed by atoms with Gasteiger partial charge in [-0.25, -0.2) is 4.79 Å². The van der Waals surface area contributed by atoms with Crippen molar-refractivity contribution in [3.63, 3.8) is 0 Å². The molecule has 2 amide bonds. The lowest BCUT2D eigenvalue weighted by Crippen LogP contribution is -2.56. The molecule has 0 spiro atoms. The molecule has 1 aliphatic heterocycles. The van der Waals surface area contributed by atoms with Crippen molar-refractivity contribution in [3.05, 3.63) is 0 Å². The summed E-state index contributed by atoms with van der Waals surface area (Å²) in [7, 11) is -0.747. The fraction of sp³-hybridized carbons (Fsp3) is 0.857. The summed E-state index contributed by atoms with van der Waals surface area (Å²) in [6.45, 7) is 0. The van der Waals surface area contributed by atoms with Gasteiger partial charge in [-0.05, 0) is 25.7 Å². The lowest BCUT2D eigenvalue weighted by Gasteiger charge is -2.37. The summed E-state index contributed by atoms with van der Waals surface area (Å²) in [5.41, 5.74) is -0.606. The largest absolute Gasteiger partial charge is 0.481 e. The molecule has 2 fully saturated rings. The molecule has 0 radical (unpaired) electrons. The molecule has 1 aliphatic carbocycles. The van der Waals surface area contributed by atoms with Gasteiger partial charge >= 0.3 is 12.0 Å². The van der Waals surface area contributed by atoms with Crippen molar-refractivity contribution >= 4 is 22.8 Å². The fourth-order valence-corrected chi connectivity index (χ4v) is 4.56. The van der Waals surface area contributed by atoms with Gasteiger partial charge in [-0.3, -0.25) is 9.00 Å². The molecule has 0 atom stereocenters. The summed E-state index contributed by atoms with van der Waals surface area (Å²) >= 11 is 0. The topological polar surface area (TPSA) is 95.5 Å². The molecule has 1 heterocycles. The number of hydrogen-bond donors (Lipinski definition) is 3. The van der Waals surface area contributed by atoms with E-state index in [2.05, 4.69) is 10.6 Å². The molecular formula is C14H24N2O4S. The average Bonchev–Trinajstić information content (AvgIpc) is 2.41. The third-order valence-corrected chi connectivity index (χ3v) is 5.78. The minimum Gasteiger partial charge on any atom is -0.481 e. The zero-order valence-corrected chi connectivity index (χ0v) is 13.0. The van der Waals surface area contributed by atoms with Crippen LogP contribution in [0.4, 0.5) is 4.79 Å². The first-order chi connectivity index (χ1) is 9.99. The molecule has 1 saturated heterocycles. The van der Waals surface area contributed by atoms with E-state index in [9.17, 15) is 13.8 Å². The summed E-state index contributed by atoms with van der Waals surface area (Å²) in [5, 5.41) is 14.9. The predicted octanol–water partition coefficient (Wildman–Crippen LogP) is 1.37. The second-order valence-corrected chi connectivity index (χ2v) is 7.83. The van der Waals surface area contributed by atoms with Gasteiger partial charge in [0.05, 0.1) is 12.0 Å². The van der Waals surface area contributed by atoms with Gasteiger partial charge < -0.3 is 15.7 Å². The molecule has 1 saturated carbocycles. The van der Waals surface area contributed by atoms with Crippen LogP contribution in [0.2, 0.25) is 0 Å². The number of hydrogen-bond acceptors (Lipinski definition) is 3. The van der Waals surface area contributed by atoms with Crippen LogP contribution in [-0.4, -0.2) is 44.4 Å². The van der Waals surface area contributed by atoms with E-state index in [0.29, 0.717) is 11.5 Å². The molecule has 120 valence electrons. The standard InChI is InChI=1S/C14H24N2O4S/c17-12(18)10-14(6-2-1-3-7-14)16-13(19)15-11-4-8-21(20)9-5-11/h11H,1-10H2,(H,17,18)(H2,15,16,19). The van der Waals surface area contributed by atoms with E-state index >= 15 is 0 Å². The number of aliphatic carboxylic acids is 1. The maximum atomic E-state index is 12.2. The third kappa shape index (κ3) is 4.98. The Hall–Kier alpha value is -1.11. The van der Waals surface area contributed by atoms with Gasteiger partial charge in [-0.15, -0.1) is 0 Å². The first-order valence-electron chi connectivity index (χ1n) is 7.65. The van der Waals surface area contributed by atoms with Crippen LogP contribution >= 0.6 is 0 Å². The minimum atomic E-state index is -0.870. The van der Waals surface area contributed by atoms with E-state index in [-0.39, 0.29) is 18.5 Å². The Morgan fingerprint density at radius 2 is 1.76 bits per heavy atom. The second kappa shape index (κ2) is 7.24. The fourth-order valence-electron chi connectivity index (χ4n) is 3.26. The quantitative estimate of drug-likeness (QED) is 0.730. The molecule has 0 aromatic rings. The Morgan fingerprint density at radius 3 is 2.33 bits per heavy atom. The Kier molecular flexibility index (Phi) is 5.61. The van der Waals surface area contributed by atoms with Crippen molar-refractivity contribution in [1.29, 1.82) is 0 Å². The van der Waals surface area contributed by atoms with Crippen LogP contribution in [-0.2, 0) is 15.6 Å². The van der Waals surface area contributed by atoms with Gasteiger partial charge in [0, 0.05) is 28.3 Å². The molecule has 21 heavy (non-hydrogen) atoms. The third-order valence-electron chi connectivity index (χ3n) is 4.40. The summed E-state index contributed by atoms with van der Waals surface area (Å²) < 4.78 is 11.3. The predicted molar refractivity (Wildman–Crippen MR) is 80.6 cm³/mol. The molecule has 0 bridgehead atoms. The number of carbonyl (C=O) groups excluding carboxylic acids is 1. The van der Waals surface area contributed by atoms with Crippen LogP contribution in [0.25, 0.3) is 0 Å². The van der Waals surface area contributed by atoms with Crippen molar-refractivity contribution < 1.29 is 18.9 Å². The van der Waals surface area contributed by atoms with Crippen molar-refractivity contribution in [1.82, 2.24) is 10.6 Å². The highest BCUT2D eigenvalue weighted by Crippen LogP contribution is 2.31. The van der Waals surface area contributed by atoms with Gasteiger partial charge in [0.2, 0.25) is 0 Å². The zero-order chi connectivity index (χ0) is 15.3. The highest BCUT2D eigenvalue weighted by molar-refractivity contribution is 7.85. The van der Waals surface area contributed by atoms with Gasteiger partial charge in [0.15, 0.2) is 0 Å². The summed E-state index contributed by atoms with van der Waals surface area (Å²) in [5.74, 6) is 0.390. The molecule has 0 aromatic heterocycles. The maximum absolute atomic E-state index is 12.2. The Balaban J connectivity index is 1.88. The Bertz CT molecular complexity index is 411. The summed E-state index contributed by atoms with van der Waals surface area (Å²) in [6, 6.07) is -0.232. The van der Waals surface area contributed by atoms with Crippen molar-refractivity contribution in [2.24, 2.45) is 0 Å². The normalized spacial score (nSPS) is 28.6. The van der Waals surface area contributed by atoms with Gasteiger partial charge in [-0.1, -0.05) is 19.3 Å². The van der Waals surface area contributed by atoms with E-state index in [4.69, 9.17) is 5.11 Å². The monoisotopic (exact) mass is 316 g/mol. The summed E-state index contributed by atoms with van der Waals surface area (Å²) in [4.78, 5) is 23.2. The SMILES string of the molecule is O=C(O)CC1(NC(=O)NC2CCS(=O)CC2)CCCCC1. The molecule has 2 aliphatic rings. The second-order valence-electron chi connectivity index (χ2n) is 6.13. The first kappa shape index (κ1) is 16.3. The van der Waals surface area contributed by atoms with Crippen molar-refractivity contribution in [2.45, 2.75) is 62.9 Å². The number of carbonyl (C=O) groups is 2. The van der Waals surface area contributed by atoms with Gasteiger partial charge in [-0.2, -0.15) is 0 Å². The van der Waals surface area contributed by atoms with Crippen LogP contribution < -0.4 is 10.6 Å². The lowest BCUT2D eigenvalue weighted by atomic mass is 9.79. The van der Waals surface area contributed by atoms with E-state index in [1.54, 1.807) is 0 Å². The average molecular weight is 316 g/mol. The number of carboxylic acid groups (broad SMARTS) is 1. The highest BCUT2D eigenvalue weighted by atomic mass is 32.2. The molecular weight excluding hydrogens is 292 g/mol. The Labute approximate surface area is 127 Å². The van der Waals surface area contributed by atoms with Gasteiger partial charge in [0.1, 0.15) is 0 Å². The van der Waals surface area contributed by atoms with Crippen molar-refractivity contribution in [2.75, 3.05) is 11.5 Å². The van der Waals surface area contributed by atoms with Crippen LogP contribution in [0.5, 0.6) is 0 Å². The first-order valence-corrected chi connectivity index (χ1v) is 9.13. The van der Waals surface area contributed by atoms with Crippen molar-refractivity contribution in [3.8, 4) is 0 Å². The lowest BCUT2D eigenvalue weighted by molar-refractivity contribution is -0.139. The summed E-state index contributed by atoms with van der Waals surface area (Å²) in [6.07, 6.45) is 5.89. The molecule has 0 aromatic carbocycles. The number of urea groups is 1. The van der Waals surface area contributed by atoms with Crippen LogP contribution in [0, 0.1) is 0 Å². The molecule has 3 N–H and O–H groups in total. The molecule has 6 nitrogen and oxygen atoms in total. The van der Waals surface area contributed by atoms with Crippen LogP contribution in [0.1, 0.15) is 51.4 Å². The van der Waals surface area contributed by atoms with E-state index in [0.717, 1.165) is 44.9 Å². The smallest absolute Gasteiger partial charge is 0.315 e. The van der Waals surface area contributed by atoms with E-state index in [1.165, 1.54) is 0 Å². The van der Waals surface area contributed by atoms with E-state index in [1.807, 2.05) is 0 Å².